The lowest BCUT2D eigenvalue weighted by Crippen LogP contribution is -2.17. The molecule has 1 nitrogen and oxygen atoms in total. The molecule has 82 valence electrons. The topological polar surface area (TPSA) is 26.0 Å². The molecular weight excluding hydrogens is 170 g/mol. The first-order valence-electron chi connectivity index (χ1n) is 5.50. The Morgan fingerprint density at radius 2 is 1.79 bits per heavy atom. The number of allylic oxidation sites excluding steroid dienone is 3. The maximum absolute atomic E-state index is 5.85. The molecule has 0 saturated heterocycles. The maximum Gasteiger partial charge on any atom is 0.00442 e. The third kappa shape index (κ3) is 3.57. The third-order valence-electron chi connectivity index (χ3n) is 2.93. The van der Waals surface area contributed by atoms with E-state index in [-0.39, 0.29) is 0 Å². The van der Waals surface area contributed by atoms with Crippen molar-refractivity contribution in [2.45, 2.75) is 47.5 Å². The van der Waals surface area contributed by atoms with Gasteiger partial charge in [-0.05, 0) is 32.3 Å². The van der Waals surface area contributed by atoms with Gasteiger partial charge in [0.15, 0.2) is 0 Å². The quantitative estimate of drug-likeness (QED) is 0.662. The minimum atomic E-state index is 0.458. The van der Waals surface area contributed by atoms with Crippen LogP contribution in [0.2, 0.25) is 0 Å². The fraction of sp³-hybridized carbons (Fsp3) is 0.692. The number of hydrogen-bond donors (Lipinski definition) is 1. The van der Waals surface area contributed by atoms with Gasteiger partial charge in [0.2, 0.25) is 0 Å². The molecule has 0 spiro atoms. The summed E-state index contributed by atoms with van der Waals surface area (Å²) in [6.45, 7) is 14.8. The molecule has 0 saturated carbocycles. The molecule has 1 heteroatoms. The van der Waals surface area contributed by atoms with Crippen molar-refractivity contribution in [3.05, 3.63) is 23.4 Å². The van der Waals surface area contributed by atoms with Gasteiger partial charge in [-0.25, -0.2) is 0 Å². The summed E-state index contributed by atoms with van der Waals surface area (Å²) in [6.07, 6.45) is 2.46. The molecular formula is C13H25N. The summed E-state index contributed by atoms with van der Waals surface area (Å²) in [4.78, 5) is 0. The van der Waals surface area contributed by atoms with Crippen molar-refractivity contribution in [3.63, 3.8) is 0 Å². The zero-order chi connectivity index (χ0) is 11.3. The summed E-state index contributed by atoms with van der Waals surface area (Å²) in [5.74, 6) is 1.11. The van der Waals surface area contributed by atoms with Gasteiger partial charge in [0.25, 0.3) is 0 Å². The van der Waals surface area contributed by atoms with E-state index < -0.39 is 0 Å². The molecule has 0 radical (unpaired) electrons. The molecule has 0 aliphatic carbocycles. The van der Waals surface area contributed by atoms with E-state index in [4.69, 9.17) is 5.73 Å². The molecule has 0 aromatic heterocycles. The van der Waals surface area contributed by atoms with Crippen molar-refractivity contribution >= 4 is 0 Å². The minimum Gasteiger partial charge on any atom is -0.402 e. The van der Waals surface area contributed by atoms with Crippen LogP contribution >= 0.6 is 0 Å². The lowest BCUT2D eigenvalue weighted by molar-refractivity contribution is 0.422. The molecule has 2 unspecified atom stereocenters. The summed E-state index contributed by atoms with van der Waals surface area (Å²) in [5, 5.41) is 0. The van der Waals surface area contributed by atoms with E-state index in [1.807, 2.05) is 6.92 Å². The summed E-state index contributed by atoms with van der Waals surface area (Å²) >= 11 is 0. The van der Waals surface area contributed by atoms with E-state index in [9.17, 15) is 0 Å². The molecule has 0 aliphatic rings. The van der Waals surface area contributed by atoms with Gasteiger partial charge in [-0.2, -0.15) is 0 Å². The first-order chi connectivity index (χ1) is 6.41. The molecule has 0 aromatic carbocycles. The van der Waals surface area contributed by atoms with Gasteiger partial charge < -0.3 is 5.73 Å². The first-order valence-corrected chi connectivity index (χ1v) is 5.50. The molecule has 14 heavy (non-hydrogen) atoms. The maximum atomic E-state index is 5.85. The third-order valence-corrected chi connectivity index (χ3v) is 2.93. The lowest BCUT2D eigenvalue weighted by atomic mass is 9.80. The Labute approximate surface area is 89.1 Å². The van der Waals surface area contributed by atoms with Crippen molar-refractivity contribution in [1.82, 2.24) is 0 Å². The summed E-state index contributed by atoms with van der Waals surface area (Å²) in [5.41, 5.74) is 9.31. The number of nitrogens with two attached hydrogens (primary N) is 1. The van der Waals surface area contributed by atoms with Crippen molar-refractivity contribution in [2.24, 2.45) is 17.6 Å². The molecule has 0 aliphatic heterocycles. The van der Waals surface area contributed by atoms with Crippen LogP contribution in [0, 0.1) is 11.8 Å². The van der Waals surface area contributed by atoms with E-state index in [1.54, 1.807) is 0 Å². The van der Waals surface area contributed by atoms with Crippen LogP contribution in [0.1, 0.15) is 47.5 Å². The van der Waals surface area contributed by atoms with Crippen LogP contribution < -0.4 is 5.73 Å². The first kappa shape index (κ1) is 13.3. The van der Waals surface area contributed by atoms with Crippen molar-refractivity contribution in [2.75, 3.05) is 0 Å². The fourth-order valence-electron chi connectivity index (χ4n) is 2.15. The van der Waals surface area contributed by atoms with E-state index in [0.29, 0.717) is 11.8 Å². The predicted octanol–water partition coefficient (Wildman–Crippen LogP) is 3.87. The highest BCUT2D eigenvalue weighted by Gasteiger charge is 2.19. The van der Waals surface area contributed by atoms with Gasteiger partial charge >= 0.3 is 0 Å². The van der Waals surface area contributed by atoms with E-state index in [0.717, 1.165) is 5.70 Å². The fourth-order valence-corrected chi connectivity index (χ4v) is 2.15. The van der Waals surface area contributed by atoms with Crippen LogP contribution in [-0.4, -0.2) is 0 Å². The van der Waals surface area contributed by atoms with Gasteiger partial charge in [-0.15, -0.1) is 0 Å². The zero-order valence-electron chi connectivity index (χ0n) is 10.4. The SMILES string of the molecule is C=C(C)C(/C(C)=C(/C)N)C(C)CCC. The van der Waals surface area contributed by atoms with Crippen molar-refractivity contribution < 1.29 is 0 Å². The van der Waals surface area contributed by atoms with Gasteiger partial charge in [-0.1, -0.05) is 38.8 Å². The van der Waals surface area contributed by atoms with Crippen LogP contribution in [0.3, 0.4) is 0 Å². The van der Waals surface area contributed by atoms with Gasteiger partial charge in [0.05, 0.1) is 0 Å². The van der Waals surface area contributed by atoms with Crippen LogP contribution in [0.5, 0.6) is 0 Å². The van der Waals surface area contributed by atoms with E-state index in [1.165, 1.54) is 24.0 Å². The van der Waals surface area contributed by atoms with Crippen molar-refractivity contribution in [1.29, 1.82) is 0 Å². The normalized spacial score (nSPS) is 17.2. The van der Waals surface area contributed by atoms with Gasteiger partial charge in [0, 0.05) is 11.6 Å². The summed E-state index contributed by atoms with van der Waals surface area (Å²) < 4.78 is 0. The summed E-state index contributed by atoms with van der Waals surface area (Å²) in [6, 6.07) is 0. The smallest absolute Gasteiger partial charge is 0.00442 e. The van der Waals surface area contributed by atoms with Gasteiger partial charge in [0.1, 0.15) is 0 Å². The second kappa shape index (κ2) is 5.90. The minimum absolute atomic E-state index is 0.458. The van der Waals surface area contributed by atoms with E-state index in [2.05, 4.69) is 34.3 Å². The van der Waals surface area contributed by atoms with Crippen LogP contribution in [0.4, 0.5) is 0 Å². The van der Waals surface area contributed by atoms with Crippen LogP contribution in [0.25, 0.3) is 0 Å². The number of hydrogen-bond acceptors (Lipinski definition) is 1. The van der Waals surface area contributed by atoms with Crippen LogP contribution in [-0.2, 0) is 0 Å². The second-order valence-electron chi connectivity index (χ2n) is 4.46. The monoisotopic (exact) mass is 195 g/mol. The summed E-state index contributed by atoms with van der Waals surface area (Å²) in [7, 11) is 0. The Balaban J connectivity index is 4.78. The standard InChI is InChI=1S/C13H25N/c1-7-8-10(4)13(9(2)3)11(5)12(6)14/h10,13H,2,7-8,14H2,1,3-6H3/b12-11-. The molecule has 2 atom stereocenters. The lowest BCUT2D eigenvalue weighted by Gasteiger charge is -2.26. The highest BCUT2D eigenvalue weighted by Crippen LogP contribution is 2.30. The number of rotatable bonds is 5. The molecule has 0 amide bonds. The average molecular weight is 195 g/mol. The zero-order valence-corrected chi connectivity index (χ0v) is 10.4. The average Bonchev–Trinajstić information content (AvgIpc) is 2.03. The molecule has 0 fully saturated rings. The van der Waals surface area contributed by atoms with Crippen molar-refractivity contribution in [3.8, 4) is 0 Å². The highest BCUT2D eigenvalue weighted by atomic mass is 14.6. The Morgan fingerprint density at radius 3 is 2.07 bits per heavy atom. The Kier molecular flexibility index (Phi) is 5.59. The Bertz CT molecular complexity index is 221. The molecule has 0 bridgehead atoms. The van der Waals surface area contributed by atoms with Gasteiger partial charge in [-0.3, -0.25) is 0 Å². The molecule has 0 rings (SSSR count). The second-order valence-corrected chi connectivity index (χ2v) is 4.46. The molecule has 0 aromatic rings. The predicted molar refractivity (Wildman–Crippen MR) is 64.9 cm³/mol. The molecule has 2 N–H and O–H groups in total. The van der Waals surface area contributed by atoms with E-state index >= 15 is 0 Å². The Hall–Kier alpha value is -0.720. The highest BCUT2D eigenvalue weighted by molar-refractivity contribution is 5.20. The van der Waals surface area contributed by atoms with Crippen LogP contribution in [0.15, 0.2) is 23.4 Å². The Morgan fingerprint density at radius 1 is 1.29 bits per heavy atom. The molecule has 0 heterocycles. The largest absolute Gasteiger partial charge is 0.402 e.